The van der Waals surface area contributed by atoms with E-state index >= 15 is 0 Å². The van der Waals surface area contributed by atoms with Gasteiger partial charge in [0.05, 0.1) is 11.8 Å². The predicted molar refractivity (Wildman–Crippen MR) is 57.5 cm³/mol. The molecule has 0 saturated carbocycles. The standard InChI is InChI=1S/C10H14ClN3O/c1-7-4-9(15)6-14(7)5-8-2-3-10(11)13-12-8/h2-3,7,9,15H,4-6H2,1H3. The number of aromatic nitrogens is 2. The van der Waals surface area contributed by atoms with Crippen molar-refractivity contribution in [2.45, 2.75) is 32.0 Å². The summed E-state index contributed by atoms with van der Waals surface area (Å²) in [6, 6.07) is 4.01. The van der Waals surface area contributed by atoms with E-state index in [1.807, 2.05) is 6.07 Å². The maximum Gasteiger partial charge on any atom is 0.151 e. The molecule has 2 atom stereocenters. The number of aliphatic hydroxyl groups is 1. The van der Waals surface area contributed by atoms with Gasteiger partial charge in [0.15, 0.2) is 5.15 Å². The molecular weight excluding hydrogens is 214 g/mol. The van der Waals surface area contributed by atoms with Crippen molar-refractivity contribution in [3.63, 3.8) is 0 Å². The Bertz CT molecular complexity index is 330. The summed E-state index contributed by atoms with van der Waals surface area (Å²) in [4.78, 5) is 2.20. The second-order valence-corrected chi connectivity index (χ2v) is 4.40. The zero-order valence-electron chi connectivity index (χ0n) is 8.60. The lowest BCUT2D eigenvalue weighted by molar-refractivity contribution is 0.172. The van der Waals surface area contributed by atoms with E-state index in [9.17, 15) is 5.11 Å². The van der Waals surface area contributed by atoms with Crippen molar-refractivity contribution >= 4 is 11.6 Å². The molecule has 1 aliphatic rings. The Morgan fingerprint density at radius 3 is 2.87 bits per heavy atom. The predicted octanol–water partition coefficient (Wildman–Crippen LogP) is 1.09. The molecule has 2 unspecified atom stereocenters. The Hall–Kier alpha value is -0.710. The van der Waals surface area contributed by atoms with Crippen molar-refractivity contribution in [3.05, 3.63) is 23.0 Å². The van der Waals surface area contributed by atoms with Crippen molar-refractivity contribution in [2.75, 3.05) is 6.54 Å². The van der Waals surface area contributed by atoms with Gasteiger partial charge in [-0.3, -0.25) is 4.90 Å². The quantitative estimate of drug-likeness (QED) is 0.822. The lowest BCUT2D eigenvalue weighted by atomic mass is 10.2. The van der Waals surface area contributed by atoms with Crippen LogP contribution in [-0.4, -0.2) is 38.9 Å². The van der Waals surface area contributed by atoms with Crippen LogP contribution >= 0.6 is 11.6 Å². The Balaban J connectivity index is 2.00. The average molecular weight is 228 g/mol. The summed E-state index contributed by atoms with van der Waals surface area (Å²) >= 11 is 5.65. The first-order chi connectivity index (χ1) is 7.15. The number of hydrogen-bond acceptors (Lipinski definition) is 4. The molecule has 0 aliphatic carbocycles. The number of likely N-dealkylation sites (tertiary alicyclic amines) is 1. The van der Waals surface area contributed by atoms with Crippen molar-refractivity contribution in [3.8, 4) is 0 Å². The van der Waals surface area contributed by atoms with Crippen LogP contribution in [0, 0.1) is 0 Å². The van der Waals surface area contributed by atoms with E-state index < -0.39 is 0 Å². The second-order valence-electron chi connectivity index (χ2n) is 4.02. The minimum Gasteiger partial charge on any atom is -0.392 e. The molecule has 0 amide bonds. The zero-order chi connectivity index (χ0) is 10.8. The normalized spacial score (nSPS) is 27.1. The molecule has 0 radical (unpaired) electrons. The molecule has 1 N–H and O–H groups in total. The fourth-order valence-electron chi connectivity index (χ4n) is 1.92. The van der Waals surface area contributed by atoms with Gasteiger partial charge in [-0.1, -0.05) is 11.6 Å². The number of β-amino-alcohol motifs (C(OH)–C–C–N with tert-alkyl or cyclic N) is 1. The first kappa shape index (κ1) is 10.8. The number of hydrogen-bond donors (Lipinski definition) is 1. The third-order valence-corrected chi connectivity index (χ3v) is 2.94. The Morgan fingerprint density at radius 2 is 2.33 bits per heavy atom. The summed E-state index contributed by atoms with van der Waals surface area (Å²) in [5.74, 6) is 0. The molecule has 1 saturated heterocycles. The van der Waals surface area contributed by atoms with Gasteiger partial charge >= 0.3 is 0 Å². The minimum absolute atomic E-state index is 0.208. The summed E-state index contributed by atoms with van der Waals surface area (Å²) in [6.45, 7) is 3.55. The van der Waals surface area contributed by atoms with Crippen LogP contribution in [-0.2, 0) is 6.54 Å². The third kappa shape index (κ3) is 2.65. The van der Waals surface area contributed by atoms with E-state index in [0.717, 1.165) is 18.7 Å². The lowest BCUT2D eigenvalue weighted by Crippen LogP contribution is -2.27. The molecule has 0 bridgehead atoms. The monoisotopic (exact) mass is 227 g/mol. The molecule has 82 valence electrons. The Kier molecular flexibility index (Phi) is 3.19. The molecule has 4 nitrogen and oxygen atoms in total. The largest absolute Gasteiger partial charge is 0.392 e. The van der Waals surface area contributed by atoms with Crippen LogP contribution in [0.3, 0.4) is 0 Å². The van der Waals surface area contributed by atoms with Crippen LogP contribution in [0.15, 0.2) is 12.1 Å². The van der Waals surface area contributed by atoms with Gasteiger partial charge in [-0.15, -0.1) is 5.10 Å². The maximum atomic E-state index is 9.49. The molecule has 2 heterocycles. The van der Waals surface area contributed by atoms with Crippen LogP contribution in [0.1, 0.15) is 19.0 Å². The summed E-state index contributed by atoms with van der Waals surface area (Å²) in [5, 5.41) is 17.7. The molecule has 0 aromatic carbocycles. The van der Waals surface area contributed by atoms with Gasteiger partial charge in [-0.2, -0.15) is 5.10 Å². The second kappa shape index (κ2) is 4.43. The van der Waals surface area contributed by atoms with E-state index in [4.69, 9.17) is 11.6 Å². The van der Waals surface area contributed by atoms with Gasteiger partial charge < -0.3 is 5.11 Å². The Morgan fingerprint density at radius 1 is 1.53 bits per heavy atom. The van der Waals surface area contributed by atoms with E-state index in [1.165, 1.54) is 0 Å². The van der Waals surface area contributed by atoms with Crippen LogP contribution in [0.5, 0.6) is 0 Å². The summed E-state index contributed by atoms with van der Waals surface area (Å²) in [6.07, 6.45) is 0.626. The smallest absolute Gasteiger partial charge is 0.151 e. The Labute approximate surface area is 93.9 Å². The first-order valence-electron chi connectivity index (χ1n) is 5.05. The average Bonchev–Trinajstić information content (AvgIpc) is 2.49. The van der Waals surface area contributed by atoms with Gasteiger partial charge in [-0.05, 0) is 25.5 Å². The van der Waals surface area contributed by atoms with E-state index in [2.05, 4.69) is 22.0 Å². The van der Waals surface area contributed by atoms with Crippen molar-refractivity contribution in [2.24, 2.45) is 0 Å². The molecular formula is C10H14ClN3O. The fourth-order valence-corrected chi connectivity index (χ4v) is 2.03. The van der Waals surface area contributed by atoms with Crippen molar-refractivity contribution < 1.29 is 5.11 Å². The zero-order valence-corrected chi connectivity index (χ0v) is 9.35. The highest BCUT2D eigenvalue weighted by molar-refractivity contribution is 6.29. The highest BCUT2D eigenvalue weighted by Crippen LogP contribution is 2.19. The van der Waals surface area contributed by atoms with Crippen molar-refractivity contribution in [1.82, 2.24) is 15.1 Å². The maximum absolute atomic E-state index is 9.49. The first-order valence-corrected chi connectivity index (χ1v) is 5.43. The lowest BCUT2D eigenvalue weighted by Gasteiger charge is -2.19. The highest BCUT2D eigenvalue weighted by Gasteiger charge is 2.27. The summed E-state index contributed by atoms with van der Waals surface area (Å²) in [7, 11) is 0. The molecule has 1 fully saturated rings. The van der Waals surface area contributed by atoms with Gasteiger partial charge in [0, 0.05) is 19.1 Å². The van der Waals surface area contributed by atoms with Gasteiger partial charge in [0.25, 0.3) is 0 Å². The van der Waals surface area contributed by atoms with Gasteiger partial charge in [0.1, 0.15) is 0 Å². The molecule has 1 aliphatic heterocycles. The van der Waals surface area contributed by atoms with E-state index in [1.54, 1.807) is 6.07 Å². The number of rotatable bonds is 2. The number of nitrogens with zero attached hydrogens (tertiary/aromatic N) is 3. The van der Waals surface area contributed by atoms with Crippen LogP contribution in [0.2, 0.25) is 5.15 Å². The van der Waals surface area contributed by atoms with E-state index in [-0.39, 0.29) is 6.10 Å². The minimum atomic E-state index is -0.208. The number of aliphatic hydroxyl groups excluding tert-OH is 1. The van der Waals surface area contributed by atoms with Gasteiger partial charge in [-0.25, -0.2) is 0 Å². The van der Waals surface area contributed by atoms with E-state index in [0.29, 0.717) is 17.7 Å². The third-order valence-electron chi connectivity index (χ3n) is 2.73. The molecule has 0 spiro atoms. The van der Waals surface area contributed by atoms with Crippen LogP contribution < -0.4 is 0 Å². The topological polar surface area (TPSA) is 49.2 Å². The SMILES string of the molecule is CC1CC(O)CN1Cc1ccc(Cl)nn1. The summed E-state index contributed by atoms with van der Waals surface area (Å²) < 4.78 is 0. The van der Waals surface area contributed by atoms with Crippen LogP contribution in [0.25, 0.3) is 0 Å². The molecule has 15 heavy (non-hydrogen) atoms. The molecule has 1 aromatic heterocycles. The summed E-state index contributed by atoms with van der Waals surface area (Å²) in [5.41, 5.74) is 0.889. The highest BCUT2D eigenvalue weighted by atomic mass is 35.5. The molecule has 2 rings (SSSR count). The molecule has 1 aromatic rings. The van der Waals surface area contributed by atoms with Crippen molar-refractivity contribution in [1.29, 1.82) is 0 Å². The van der Waals surface area contributed by atoms with Gasteiger partial charge in [0.2, 0.25) is 0 Å². The number of halogens is 1. The molecule has 5 heteroatoms. The fraction of sp³-hybridized carbons (Fsp3) is 0.600. The van der Waals surface area contributed by atoms with Crippen LogP contribution in [0.4, 0.5) is 0 Å².